The Morgan fingerprint density at radius 2 is 1.97 bits per heavy atom. The third-order valence-corrected chi connectivity index (χ3v) is 5.05. The van der Waals surface area contributed by atoms with Crippen molar-refractivity contribution in [3.63, 3.8) is 0 Å². The van der Waals surface area contributed by atoms with E-state index in [9.17, 15) is 0 Å². The fourth-order valence-corrected chi connectivity index (χ4v) is 3.39. The van der Waals surface area contributed by atoms with Gasteiger partial charge in [-0.3, -0.25) is 4.99 Å². The van der Waals surface area contributed by atoms with Crippen molar-refractivity contribution in [3.05, 3.63) is 29.8 Å². The molecular weight excluding hydrogens is 364 g/mol. The first kappa shape index (κ1) is 23.5. The molecule has 0 saturated carbocycles. The molecule has 0 unspecified atom stereocenters. The van der Waals surface area contributed by atoms with Crippen LogP contribution in [0.3, 0.4) is 0 Å². The highest BCUT2D eigenvalue weighted by Gasteiger charge is 2.19. The molecule has 1 aliphatic rings. The molecule has 1 aliphatic heterocycles. The molecule has 2 rings (SSSR count). The van der Waals surface area contributed by atoms with Crippen LogP contribution in [0.4, 0.5) is 0 Å². The highest BCUT2D eigenvalue weighted by molar-refractivity contribution is 5.80. The Morgan fingerprint density at radius 1 is 1.21 bits per heavy atom. The van der Waals surface area contributed by atoms with E-state index >= 15 is 0 Å². The summed E-state index contributed by atoms with van der Waals surface area (Å²) in [6.07, 6.45) is 3.50. The van der Waals surface area contributed by atoms with Gasteiger partial charge in [0.25, 0.3) is 0 Å². The Bertz CT molecular complexity index is 598. The largest absolute Gasteiger partial charge is 0.493 e. The van der Waals surface area contributed by atoms with E-state index in [0.717, 1.165) is 70.3 Å². The lowest BCUT2D eigenvalue weighted by Gasteiger charge is -2.33. The van der Waals surface area contributed by atoms with Crippen LogP contribution in [0, 0.1) is 6.92 Å². The molecule has 6 heteroatoms. The van der Waals surface area contributed by atoms with Crippen LogP contribution in [-0.4, -0.2) is 68.9 Å². The maximum atomic E-state index is 5.86. The van der Waals surface area contributed by atoms with Crippen molar-refractivity contribution in [3.8, 4) is 5.75 Å². The van der Waals surface area contributed by atoms with Gasteiger partial charge in [0.1, 0.15) is 5.75 Å². The number of rotatable bonds is 11. The SMILES string of the molecule is CCNC(=NCCCOc1ccccc1C)NC1CCN(CCOC(C)C)CC1. The van der Waals surface area contributed by atoms with Gasteiger partial charge in [0.15, 0.2) is 5.96 Å². The summed E-state index contributed by atoms with van der Waals surface area (Å²) < 4.78 is 11.5. The number of para-hydroxylation sites is 1. The van der Waals surface area contributed by atoms with E-state index in [1.807, 2.05) is 18.2 Å². The van der Waals surface area contributed by atoms with Crippen molar-refractivity contribution in [1.29, 1.82) is 0 Å². The molecule has 0 aromatic heterocycles. The Morgan fingerprint density at radius 3 is 2.66 bits per heavy atom. The molecule has 0 radical (unpaired) electrons. The predicted molar refractivity (Wildman–Crippen MR) is 121 cm³/mol. The van der Waals surface area contributed by atoms with Crippen LogP contribution in [0.25, 0.3) is 0 Å². The molecule has 164 valence electrons. The molecule has 29 heavy (non-hydrogen) atoms. The van der Waals surface area contributed by atoms with E-state index in [1.54, 1.807) is 0 Å². The topological polar surface area (TPSA) is 58.1 Å². The van der Waals surface area contributed by atoms with Crippen molar-refractivity contribution in [2.75, 3.05) is 45.9 Å². The molecule has 0 aliphatic carbocycles. The number of likely N-dealkylation sites (tertiary alicyclic amines) is 1. The number of nitrogens with one attached hydrogen (secondary N) is 2. The summed E-state index contributed by atoms with van der Waals surface area (Å²) in [5, 5.41) is 6.98. The van der Waals surface area contributed by atoms with Crippen molar-refractivity contribution < 1.29 is 9.47 Å². The molecular formula is C23H40N4O2. The van der Waals surface area contributed by atoms with E-state index in [2.05, 4.69) is 49.3 Å². The van der Waals surface area contributed by atoms with Gasteiger partial charge in [0.2, 0.25) is 0 Å². The zero-order chi connectivity index (χ0) is 20.9. The molecule has 2 N–H and O–H groups in total. The molecule has 6 nitrogen and oxygen atoms in total. The number of ether oxygens (including phenoxy) is 2. The van der Waals surface area contributed by atoms with Gasteiger partial charge in [0, 0.05) is 45.2 Å². The van der Waals surface area contributed by atoms with Crippen LogP contribution < -0.4 is 15.4 Å². The summed E-state index contributed by atoms with van der Waals surface area (Å²) in [4.78, 5) is 7.22. The van der Waals surface area contributed by atoms with Gasteiger partial charge in [-0.15, -0.1) is 0 Å². The molecule has 1 fully saturated rings. The van der Waals surface area contributed by atoms with E-state index in [4.69, 9.17) is 14.5 Å². The minimum atomic E-state index is 0.315. The summed E-state index contributed by atoms with van der Waals surface area (Å²) in [7, 11) is 0. The molecule has 0 amide bonds. The minimum absolute atomic E-state index is 0.315. The quantitative estimate of drug-likeness (QED) is 0.337. The van der Waals surface area contributed by atoms with E-state index in [1.165, 1.54) is 5.56 Å². The molecule has 1 heterocycles. The van der Waals surface area contributed by atoms with E-state index < -0.39 is 0 Å². The van der Waals surface area contributed by atoms with Crippen molar-refractivity contribution >= 4 is 5.96 Å². The van der Waals surface area contributed by atoms with Crippen LogP contribution >= 0.6 is 0 Å². The number of aryl methyl sites for hydroxylation is 1. The van der Waals surface area contributed by atoms with E-state index in [-0.39, 0.29) is 0 Å². The zero-order valence-electron chi connectivity index (χ0n) is 18.7. The highest BCUT2D eigenvalue weighted by Crippen LogP contribution is 2.16. The smallest absolute Gasteiger partial charge is 0.191 e. The maximum Gasteiger partial charge on any atom is 0.191 e. The number of piperidine rings is 1. The fraction of sp³-hybridized carbons (Fsp3) is 0.696. The second-order valence-corrected chi connectivity index (χ2v) is 7.91. The Kier molecular flexibility index (Phi) is 10.9. The summed E-state index contributed by atoms with van der Waals surface area (Å²) >= 11 is 0. The number of hydrogen-bond acceptors (Lipinski definition) is 4. The Hall–Kier alpha value is -1.79. The van der Waals surface area contributed by atoms with Gasteiger partial charge in [-0.25, -0.2) is 0 Å². The number of hydrogen-bond donors (Lipinski definition) is 2. The summed E-state index contributed by atoms with van der Waals surface area (Å²) in [6, 6.07) is 8.62. The normalized spacial score (nSPS) is 16.2. The number of aliphatic imine (C=N–C) groups is 1. The molecule has 0 bridgehead atoms. The molecule has 0 atom stereocenters. The highest BCUT2D eigenvalue weighted by atomic mass is 16.5. The third-order valence-electron chi connectivity index (χ3n) is 5.05. The summed E-state index contributed by atoms with van der Waals surface area (Å²) in [5.74, 6) is 1.89. The standard InChI is InChI=1S/C23H40N4O2/c1-5-24-23(25-13-8-17-29-22-10-7-6-9-20(22)4)26-21-11-14-27(15-12-21)16-18-28-19(2)3/h6-7,9-10,19,21H,5,8,11-18H2,1-4H3,(H2,24,25,26). The minimum Gasteiger partial charge on any atom is -0.493 e. The van der Waals surface area contributed by atoms with Gasteiger partial charge in [-0.05, 0) is 52.2 Å². The first-order valence-corrected chi connectivity index (χ1v) is 11.2. The van der Waals surface area contributed by atoms with Crippen molar-refractivity contribution in [2.45, 2.75) is 59.1 Å². The van der Waals surface area contributed by atoms with Gasteiger partial charge in [0.05, 0.1) is 19.3 Å². The number of benzene rings is 1. The Balaban J connectivity index is 1.66. The summed E-state index contributed by atoms with van der Waals surface area (Å²) in [5.41, 5.74) is 1.17. The predicted octanol–water partition coefficient (Wildman–Crippen LogP) is 3.21. The summed E-state index contributed by atoms with van der Waals surface area (Å²) in [6.45, 7) is 14.8. The van der Waals surface area contributed by atoms with Gasteiger partial charge >= 0.3 is 0 Å². The van der Waals surface area contributed by atoms with Gasteiger partial charge < -0.3 is 25.0 Å². The number of nitrogens with zero attached hydrogens (tertiary/aromatic N) is 2. The van der Waals surface area contributed by atoms with Gasteiger partial charge in [-0.1, -0.05) is 18.2 Å². The average molecular weight is 405 g/mol. The maximum absolute atomic E-state index is 5.86. The zero-order valence-corrected chi connectivity index (χ0v) is 18.7. The average Bonchev–Trinajstić information content (AvgIpc) is 2.70. The second kappa shape index (κ2) is 13.4. The third kappa shape index (κ3) is 9.50. The molecule has 1 saturated heterocycles. The second-order valence-electron chi connectivity index (χ2n) is 7.91. The molecule has 0 spiro atoms. The van der Waals surface area contributed by atoms with Crippen molar-refractivity contribution in [1.82, 2.24) is 15.5 Å². The van der Waals surface area contributed by atoms with Crippen LogP contribution in [0.1, 0.15) is 45.6 Å². The van der Waals surface area contributed by atoms with Crippen LogP contribution in [-0.2, 0) is 4.74 Å². The van der Waals surface area contributed by atoms with Crippen molar-refractivity contribution in [2.24, 2.45) is 4.99 Å². The van der Waals surface area contributed by atoms with Gasteiger partial charge in [-0.2, -0.15) is 0 Å². The van der Waals surface area contributed by atoms with E-state index in [0.29, 0.717) is 18.8 Å². The number of guanidine groups is 1. The molecule has 1 aromatic carbocycles. The molecule has 1 aromatic rings. The first-order valence-electron chi connectivity index (χ1n) is 11.2. The monoisotopic (exact) mass is 404 g/mol. The first-order chi connectivity index (χ1) is 14.1. The fourth-order valence-electron chi connectivity index (χ4n) is 3.39. The lowest BCUT2D eigenvalue weighted by Crippen LogP contribution is -2.49. The van der Waals surface area contributed by atoms with Crippen LogP contribution in [0.5, 0.6) is 5.75 Å². The van der Waals surface area contributed by atoms with Crippen LogP contribution in [0.15, 0.2) is 29.3 Å². The lowest BCUT2D eigenvalue weighted by molar-refractivity contribution is 0.0532. The lowest BCUT2D eigenvalue weighted by atomic mass is 10.1. The van der Waals surface area contributed by atoms with Crippen LogP contribution in [0.2, 0.25) is 0 Å². The Labute approximate surface area is 177 Å².